The molecule has 0 radical (unpaired) electrons. The van der Waals surface area contributed by atoms with Crippen molar-refractivity contribution in [1.29, 1.82) is 0 Å². The Labute approximate surface area is 73.0 Å². The molecule has 0 aromatic carbocycles. The average Bonchev–Trinajstić information content (AvgIpc) is 2.74. The van der Waals surface area contributed by atoms with Gasteiger partial charge in [-0.3, -0.25) is 4.99 Å². The van der Waals surface area contributed by atoms with Gasteiger partial charge in [-0.05, 0) is 12.8 Å². The summed E-state index contributed by atoms with van der Waals surface area (Å²) in [6.45, 7) is 3.11. The standard InChI is InChI=1S/C9H15N3/c1-2-8(10-5-1)3-4-9-11-6-7-12-9/h2,10H,1,3-7H2,(H,11,12). The lowest BCUT2D eigenvalue weighted by Gasteiger charge is -2.04. The van der Waals surface area contributed by atoms with Gasteiger partial charge in [-0.2, -0.15) is 0 Å². The van der Waals surface area contributed by atoms with E-state index in [2.05, 4.69) is 21.7 Å². The van der Waals surface area contributed by atoms with Crippen molar-refractivity contribution in [2.24, 2.45) is 4.99 Å². The zero-order valence-electron chi connectivity index (χ0n) is 7.27. The van der Waals surface area contributed by atoms with E-state index in [1.165, 1.54) is 18.0 Å². The largest absolute Gasteiger partial charge is 0.388 e. The first-order chi connectivity index (χ1) is 5.95. The highest BCUT2D eigenvalue weighted by molar-refractivity contribution is 5.83. The van der Waals surface area contributed by atoms with Crippen LogP contribution in [0.4, 0.5) is 0 Å². The van der Waals surface area contributed by atoms with E-state index in [1.54, 1.807) is 0 Å². The van der Waals surface area contributed by atoms with Crippen LogP contribution in [0.3, 0.4) is 0 Å². The molecule has 3 heteroatoms. The number of nitrogens with zero attached hydrogens (tertiary/aromatic N) is 1. The maximum absolute atomic E-state index is 4.35. The van der Waals surface area contributed by atoms with E-state index in [4.69, 9.17) is 0 Å². The number of allylic oxidation sites excluding steroid dienone is 1. The molecular formula is C9H15N3. The van der Waals surface area contributed by atoms with Crippen molar-refractivity contribution in [3.63, 3.8) is 0 Å². The lowest BCUT2D eigenvalue weighted by Crippen LogP contribution is -2.19. The van der Waals surface area contributed by atoms with Gasteiger partial charge >= 0.3 is 0 Å². The van der Waals surface area contributed by atoms with Gasteiger partial charge in [-0.25, -0.2) is 0 Å². The third-order valence-electron chi connectivity index (χ3n) is 2.26. The van der Waals surface area contributed by atoms with E-state index >= 15 is 0 Å². The van der Waals surface area contributed by atoms with E-state index in [0.29, 0.717) is 0 Å². The van der Waals surface area contributed by atoms with Crippen LogP contribution in [-0.4, -0.2) is 25.5 Å². The Kier molecular flexibility index (Phi) is 2.30. The topological polar surface area (TPSA) is 36.4 Å². The first-order valence-electron chi connectivity index (χ1n) is 4.65. The normalized spacial score (nSPS) is 21.3. The van der Waals surface area contributed by atoms with Crippen molar-refractivity contribution in [2.45, 2.75) is 19.3 Å². The van der Waals surface area contributed by atoms with Crippen molar-refractivity contribution in [3.05, 3.63) is 11.8 Å². The predicted octanol–water partition coefficient (Wildman–Crippen LogP) is 0.646. The van der Waals surface area contributed by atoms with E-state index < -0.39 is 0 Å². The molecule has 0 atom stereocenters. The van der Waals surface area contributed by atoms with E-state index in [-0.39, 0.29) is 0 Å². The van der Waals surface area contributed by atoms with E-state index in [0.717, 1.165) is 32.5 Å². The molecule has 2 heterocycles. The maximum Gasteiger partial charge on any atom is 0.0968 e. The zero-order chi connectivity index (χ0) is 8.23. The fraction of sp³-hybridized carbons (Fsp3) is 0.667. The zero-order valence-corrected chi connectivity index (χ0v) is 7.27. The van der Waals surface area contributed by atoms with Gasteiger partial charge in [0.2, 0.25) is 0 Å². The van der Waals surface area contributed by atoms with Crippen molar-refractivity contribution >= 4 is 5.84 Å². The molecular weight excluding hydrogens is 150 g/mol. The Hall–Kier alpha value is -0.990. The highest BCUT2D eigenvalue weighted by atomic mass is 15.1. The Balaban J connectivity index is 1.74. The first-order valence-corrected chi connectivity index (χ1v) is 4.65. The third kappa shape index (κ3) is 1.78. The monoisotopic (exact) mass is 165 g/mol. The number of aliphatic imine (C=N–C) groups is 1. The molecule has 66 valence electrons. The molecule has 0 fully saturated rings. The molecule has 0 aliphatic carbocycles. The molecule has 2 aliphatic rings. The van der Waals surface area contributed by atoms with Crippen LogP contribution >= 0.6 is 0 Å². The number of hydrogen-bond donors (Lipinski definition) is 2. The minimum absolute atomic E-state index is 0.960. The van der Waals surface area contributed by atoms with Crippen molar-refractivity contribution < 1.29 is 0 Å². The second-order valence-electron chi connectivity index (χ2n) is 3.20. The molecule has 12 heavy (non-hydrogen) atoms. The van der Waals surface area contributed by atoms with Crippen molar-refractivity contribution in [2.75, 3.05) is 19.6 Å². The fourth-order valence-electron chi connectivity index (χ4n) is 1.61. The summed E-state index contributed by atoms with van der Waals surface area (Å²) < 4.78 is 0. The SMILES string of the molecule is C1=C(CCC2=NCCN2)NCC1. The summed E-state index contributed by atoms with van der Waals surface area (Å²) in [5.41, 5.74) is 1.39. The minimum atomic E-state index is 0.960. The van der Waals surface area contributed by atoms with Crippen molar-refractivity contribution in [3.8, 4) is 0 Å². The van der Waals surface area contributed by atoms with Crippen LogP contribution in [0.2, 0.25) is 0 Å². The second kappa shape index (κ2) is 3.61. The quantitative estimate of drug-likeness (QED) is 0.644. The molecule has 0 unspecified atom stereocenters. The molecule has 0 aromatic rings. The summed E-state index contributed by atoms with van der Waals surface area (Å²) in [7, 11) is 0. The Morgan fingerprint density at radius 2 is 2.25 bits per heavy atom. The summed E-state index contributed by atoms with van der Waals surface area (Å²) >= 11 is 0. The summed E-state index contributed by atoms with van der Waals surface area (Å²) in [6.07, 6.45) is 5.66. The second-order valence-corrected chi connectivity index (χ2v) is 3.20. The minimum Gasteiger partial charge on any atom is -0.388 e. The van der Waals surface area contributed by atoms with Crippen LogP contribution in [-0.2, 0) is 0 Å². The van der Waals surface area contributed by atoms with Gasteiger partial charge in [0, 0.05) is 25.2 Å². The molecule has 2 N–H and O–H groups in total. The Morgan fingerprint density at radius 3 is 2.92 bits per heavy atom. The molecule has 0 saturated carbocycles. The highest BCUT2D eigenvalue weighted by Crippen LogP contribution is 2.09. The number of nitrogens with one attached hydrogen (secondary N) is 2. The number of rotatable bonds is 3. The summed E-state index contributed by atoms with van der Waals surface area (Å²) in [6, 6.07) is 0. The van der Waals surface area contributed by atoms with Crippen molar-refractivity contribution in [1.82, 2.24) is 10.6 Å². The highest BCUT2D eigenvalue weighted by Gasteiger charge is 2.07. The van der Waals surface area contributed by atoms with Gasteiger partial charge in [-0.15, -0.1) is 0 Å². The molecule has 0 spiro atoms. The smallest absolute Gasteiger partial charge is 0.0968 e. The third-order valence-corrected chi connectivity index (χ3v) is 2.26. The lowest BCUT2D eigenvalue weighted by molar-refractivity contribution is 0.814. The fourth-order valence-corrected chi connectivity index (χ4v) is 1.61. The van der Waals surface area contributed by atoms with Gasteiger partial charge in [-0.1, -0.05) is 6.08 Å². The van der Waals surface area contributed by atoms with Gasteiger partial charge in [0.15, 0.2) is 0 Å². The lowest BCUT2D eigenvalue weighted by atomic mass is 10.2. The van der Waals surface area contributed by atoms with Crippen LogP contribution in [0.25, 0.3) is 0 Å². The maximum atomic E-state index is 4.35. The average molecular weight is 165 g/mol. The summed E-state index contributed by atoms with van der Waals surface area (Å²) in [5, 5.41) is 6.63. The van der Waals surface area contributed by atoms with Crippen LogP contribution in [0, 0.1) is 0 Å². The van der Waals surface area contributed by atoms with Gasteiger partial charge in [0.05, 0.1) is 12.4 Å². The van der Waals surface area contributed by atoms with Crippen LogP contribution in [0.1, 0.15) is 19.3 Å². The molecule has 2 aliphatic heterocycles. The van der Waals surface area contributed by atoms with Crippen LogP contribution in [0.15, 0.2) is 16.8 Å². The summed E-state index contributed by atoms with van der Waals surface area (Å²) in [5.74, 6) is 1.18. The van der Waals surface area contributed by atoms with Crippen LogP contribution in [0.5, 0.6) is 0 Å². The van der Waals surface area contributed by atoms with E-state index in [1.807, 2.05) is 0 Å². The predicted molar refractivity (Wildman–Crippen MR) is 50.2 cm³/mol. The van der Waals surface area contributed by atoms with Gasteiger partial charge < -0.3 is 10.6 Å². The first kappa shape index (κ1) is 7.65. The molecule has 0 saturated heterocycles. The molecule has 3 nitrogen and oxygen atoms in total. The Bertz CT molecular complexity index is 194. The Morgan fingerprint density at radius 1 is 1.25 bits per heavy atom. The molecule has 0 bridgehead atoms. The van der Waals surface area contributed by atoms with Gasteiger partial charge in [0.25, 0.3) is 0 Å². The number of hydrogen-bond acceptors (Lipinski definition) is 3. The van der Waals surface area contributed by atoms with Crippen LogP contribution < -0.4 is 10.6 Å². The molecule has 0 aromatic heterocycles. The summed E-state index contributed by atoms with van der Waals surface area (Å²) in [4.78, 5) is 4.35. The number of amidine groups is 1. The molecule has 0 amide bonds. The van der Waals surface area contributed by atoms with Gasteiger partial charge in [0.1, 0.15) is 0 Å². The van der Waals surface area contributed by atoms with E-state index in [9.17, 15) is 0 Å². The molecule has 2 rings (SSSR count).